The molecule has 1 aromatic carbocycles. The molecule has 21 heavy (non-hydrogen) atoms. The first-order chi connectivity index (χ1) is 10.0. The number of carbonyl (C=O) groups is 1. The average Bonchev–Trinajstić information content (AvgIpc) is 2.47. The van der Waals surface area contributed by atoms with E-state index in [0.717, 1.165) is 12.8 Å². The van der Waals surface area contributed by atoms with Gasteiger partial charge in [-0.2, -0.15) is 0 Å². The SMILES string of the molecule is COc1ccc([N+](=O)[O-])cc1CN1CCCCC1C(=O)O. The van der Waals surface area contributed by atoms with Gasteiger partial charge >= 0.3 is 5.97 Å². The topological polar surface area (TPSA) is 92.9 Å². The Balaban J connectivity index is 2.25. The standard InChI is InChI=1S/C14H18N2O5/c1-21-13-6-5-11(16(19)20)8-10(13)9-15-7-3-2-4-12(15)14(17)18/h5-6,8,12H,2-4,7,9H2,1H3,(H,17,18). The second-order valence-electron chi connectivity index (χ2n) is 5.07. The monoisotopic (exact) mass is 294 g/mol. The van der Waals surface area contributed by atoms with Gasteiger partial charge in [0.1, 0.15) is 11.8 Å². The zero-order valence-electron chi connectivity index (χ0n) is 11.8. The van der Waals surface area contributed by atoms with Crippen LogP contribution in [0, 0.1) is 10.1 Å². The Hall–Kier alpha value is -2.15. The number of methoxy groups -OCH3 is 1. The highest BCUT2D eigenvalue weighted by atomic mass is 16.6. The van der Waals surface area contributed by atoms with Crippen molar-refractivity contribution in [3.63, 3.8) is 0 Å². The van der Waals surface area contributed by atoms with E-state index in [1.165, 1.54) is 19.2 Å². The third-order valence-electron chi connectivity index (χ3n) is 3.75. The minimum atomic E-state index is -0.848. The fourth-order valence-electron chi connectivity index (χ4n) is 2.68. The van der Waals surface area contributed by atoms with Crippen LogP contribution in [0.15, 0.2) is 18.2 Å². The molecule has 2 rings (SSSR count). The molecule has 114 valence electrons. The molecule has 1 atom stereocenters. The summed E-state index contributed by atoms with van der Waals surface area (Å²) < 4.78 is 5.22. The summed E-state index contributed by atoms with van der Waals surface area (Å²) in [5, 5.41) is 20.1. The van der Waals surface area contributed by atoms with Crippen molar-refractivity contribution in [2.24, 2.45) is 0 Å². The highest BCUT2D eigenvalue weighted by molar-refractivity contribution is 5.73. The first kappa shape index (κ1) is 15.2. The van der Waals surface area contributed by atoms with Crippen LogP contribution >= 0.6 is 0 Å². The predicted octanol–water partition coefficient (Wildman–Crippen LogP) is 2.04. The van der Waals surface area contributed by atoms with E-state index in [1.807, 2.05) is 4.90 Å². The van der Waals surface area contributed by atoms with E-state index < -0.39 is 16.9 Å². The highest BCUT2D eigenvalue weighted by Crippen LogP contribution is 2.28. The van der Waals surface area contributed by atoms with E-state index in [0.29, 0.717) is 30.8 Å². The molecule has 0 aromatic heterocycles. The third-order valence-corrected chi connectivity index (χ3v) is 3.75. The normalized spacial score (nSPS) is 19.2. The Labute approximate surface area is 122 Å². The second-order valence-corrected chi connectivity index (χ2v) is 5.07. The minimum absolute atomic E-state index is 0.0188. The molecule has 1 unspecified atom stereocenters. The number of carboxylic acid groups (broad SMARTS) is 1. The molecular formula is C14H18N2O5. The van der Waals surface area contributed by atoms with Crippen LogP contribution in [-0.4, -0.2) is 40.6 Å². The lowest BCUT2D eigenvalue weighted by Crippen LogP contribution is -2.44. The van der Waals surface area contributed by atoms with Crippen molar-refractivity contribution in [1.29, 1.82) is 0 Å². The number of likely N-dealkylation sites (tertiary alicyclic amines) is 1. The van der Waals surface area contributed by atoms with Gasteiger partial charge in [0, 0.05) is 24.2 Å². The smallest absolute Gasteiger partial charge is 0.320 e. The molecule has 0 spiro atoms. The number of nitro groups is 1. The summed E-state index contributed by atoms with van der Waals surface area (Å²) >= 11 is 0. The molecular weight excluding hydrogens is 276 g/mol. The number of nitrogens with zero attached hydrogens (tertiary/aromatic N) is 2. The van der Waals surface area contributed by atoms with Crippen molar-refractivity contribution >= 4 is 11.7 Å². The number of hydrogen-bond donors (Lipinski definition) is 1. The molecule has 1 N–H and O–H groups in total. The largest absolute Gasteiger partial charge is 0.496 e. The fraction of sp³-hybridized carbons (Fsp3) is 0.500. The first-order valence-corrected chi connectivity index (χ1v) is 6.81. The highest BCUT2D eigenvalue weighted by Gasteiger charge is 2.29. The molecule has 1 aromatic rings. The van der Waals surface area contributed by atoms with E-state index in [-0.39, 0.29) is 5.69 Å². The Morgan fingerprint density at radius 1 is 1.52 bits per heavy atom. The van der Waals surface area contributed by atoms with Crippen molar-refractivity contribution in [2.75, 3.05) is 13.7 Å². The van der Waals surface area contributed by atoms with Gasteiger partial charge in [0.05, 0.1) is 12.0 Å². The second kappa shape index (κ2) is 6.53. The summed E-state index contributed by atoms with van der Waals surface area (Å²) in [5.41, 5.74) is 0.620. The lowest BCUT2D eigenvalue weighted by Gasteiger charge is -2.33. The average molecular weight is 294 g/mol. The van der Waals surface area contributed by atoms with Crippen LogP contribution in [-0.2, 0) is 11.3 Å². The number of non-ortho nitro benzene ring substituents is 1. The van der Waals surface area contributed by atoms with E-state index in [2.05, 4.69) is 0 Å². The molecule has 1 aliphatic rings. The summed E-state index contributed by atoms with van der Waals surface area (Å²) in [4.78, 5) is 23.6. The summed E-state index contributed by atoms with van der Waals surface area (Å²) in [7, 11) is 1.50. The van der Waals surface area contributed by atoms with Crippen LogP contribution in [0.1, 0.15) is 24.8 Å². The predicted molar refractivity (Wildman–Crippen MR) is 75.3 cm³/mol. The Bertz CT molecular complexity index is 546. The maximum absolute atomic E-state index is 11.3. The Kier molecular flexibility index (Phi) is 4.74. The quantitative estimate of drug-likeness (QED) is 0.660. The van der Waals surface area contributed by atoms with E-state index in [1.54, 1.807) is 6.07 Å². The molecule has 0 radical (unpaired) electrons. The molecule has 7 nitrogen and oxygen atoms in total. The summed E-state index contributed by atoms with van der Waals surface area (Å²) in [6.07, 6.45) is 2.42. The van der Waals surface area contributed by atoms with Crippen molar-refractivity contribution in [3.05, 3.63) is 33.9 Å². The zero-order chi connectivity index (χ0) is 15.4. The third kappa shape index (κ3) is 3.49. The maximum atomic E-state index is 11.3. The summed E-state index contributed by atoms with van der Waals surface area (Å²) in [6, 6.07) is 3.84. The van der Waals surface area contributed by atoms with Crippen LogP contribution in [0.2, 0.25) is 0 Å². The molecule has 1 heterocycles. The molecule has 0 bridgehead atoms. The number of hydrogen-bond acceptors (Lipinski definition) is 5. The van der Waals surface area contributed by atoms with Crippen LogP contribution in [0.3, 0.4) is 0 Å². The zero-order valence-corrected chi connectivity index (χ0v) is 11.8. The first-order valence-electron chi connectivity index (χ1n) is 6.81. The molecule has 1 fully saturated rings. The fourth-order valence-corrected chi connectivity index (χ4v) is 2.68. The molecule has 0 saturated carbocycles. The molecule has 7 heteroatoms. The summed E-state index contributed by atoms with van der Waals surface area (Å²) in [6.45, 7) is 1.00. The lowest BCUT2D eigenvalue weighted by atomic mass is 10.0. The lowest BCUT2D eigenvalue weighted by molar-refractivity contribution is -0.385. The minimum Gasteiger partial charge on any atom is -0.496 e. The molecule has 0 amide bonds. The van der Waals surface area contributed by atoms with Gasteiger partial charge in [0.2, 0.25) is 0 Å². The van der Waals surface area contributed by atoms with Gasteiger partial charge in [-0.1, -0.05) is 6.42 Å². The van der Waals surface area contributed by atoms with Crippen LogP contribution < -0.4 is 4.74 Å². The molecule has 1 saturated heterocycles. The van der Waals surface area contributed by atoms with Crippen molar-refractivity contribution in [2.45, 2.75) is 31.8 Å². The number of ether oxygens (including phenoxy) is 1. The van der Waals surface area contributed by atoms with Crippen LogP contribution in [0.25, 0.3) is 0 Å². The van der Waals surface area contributed by atoms with Crippen molar-refractivity contribution < 1.29 is 19.6 Å². The number of benzene rings is 1. The Morgan fingerprint density at radius 3 is 2.90 bits per heavy atom. The van der Waals surface area contributed by atoms with Gasteiger partial charge < -0.3 is 9.84 Å². The number of piperidine rings is 1. The number of rotatable bonds is 5. The molecule has 1 aliphatic heterocycles. The van der Waals surface area contributed by atoms with E-state index in [4.69, 9.17) is 4.74 Å². The van der Waals surface area contributed by atoms with Crippen LogP contribution in [0.4, 0.5) is 5.69 Å². The van der Waals surface area contributed by atoms with Crippen LogP contribution in [0.5, 0.6) is 5.75 Å². The van der Waals surface area contributed by atoms with Gasteiger partial charge in [-0.25, -0.2) is 0 Å². The van der Waals surface area contributed by atoms with Gasteiger partial charge in [-0.15, -0.1) is 0 Å². The van der Waals surface area contributed by atoms with E-state index in [9.17, 15) is 20.0 Å². The van der Waals surface area contributed by atoms with E-state index >= 15 is 0 Å². The van der Waals surface area contributed by atoms with Gasteiger partial charge in [-0.3, -0.25) is 19.8 Å². The van der Waals surface area contributed by atoms with Crippen molar-refractivity contribution in [1.82, 2.24) is 4.90 Å². The summed E-state index contributed by atoms with van der Waals surface area (Å²) in [5.74, 6) is -0.311. The molecule has 0 aliphatic carbocycles. The van der Waals surface area contributed by atoms with Gasteiger partial charge in [0.25, 0.3) is 5.69 Å². The van der Waals surface area contributed by atoms with Crippen molar-refractivity contribution in [3.8, 4) is 5.75 Å². The number of carboxylic acids is 1. The maximum Gasteiger partial charge on any atom is 0.320 e. The van der Waals surface area contributed by atoms with Gasteiger partial charge in [0.15, 0.2) is 0 Å². The number of aliphatic carboxylic acids is 1. The van der Waals surface area contributed by atoms with Gasteiger partial charge in [-0.05, 0) is 25.5 Å². The Morgan fingerprint density at radius 2 is 2.29 bits per heavy atom. The number of nitro benzene ring substituents is 1.